The van der Waals surface area contributed by atoms with E-state index in [9.17, 15) is 4.79 Å². The van der Waals surface area contributed by atoms with Gasteiger partial charge in [-0.05, 0) is 50.4 Å². The summed E-state index contributed by atoms with van der Waals surface area (Å²) in [6, 6.07) is 6.88. The quantitative estimate of drug-likeness (QED) is 0.902. The molecule has 1 aliphatic rings. The number of amides is 1. The molecule has 3 heteroatoms. The zero-order chi connectivity index (χ0) is 13.8. The topological polar surface area (TPSA) is 32.3 Å². The minimum absolute atomic E-state index is 0.262. The van der Waals surface area contributed by atoms with Crippen molar-refractivity contribution in [2.24, 2.45) is 0 Å². The molecule has 0 atom stereocenters. The zero-order valence-corrected chi connectivity index (χ0v) is 12.2. The Labute approximate surface area is 116 Å². The third-order valence-electron chi connectivity index (χ3n) is 4.18. The van der Waals surface area contributed by atoms with Crippen molar-refractivity contribution >= 4 is 5.91 Å². The molecule has 1 fully saturated rings. The number of carbonyl (C=O) groups is 1. The Morgan fingerprint density at radius 3 is 2.53 bits per heavy atom. The lowest BCUT2D eigenvalue weighted by Crippen LogP contribution is -2.44. The summed E-state index contributed by atoms with van der Waals surface area (Å²) in [7, 11) is 2.00. The molecule has 1 saturated heterocycles. The van der Waals surface area contributed by atoms with Crippen LogP contribution in [0, 0.1) is 13.8 Å². The van der Waals surface area contributed by atoms with Gasteiger partial charge in [-0.1, -0.05) is 18.2 Å². The Bertz CT molecular complexity index is 448. The van der Waals surface area contributed by atoms with Gasteiger partial charge in [0.15, 0.2) is 0 Å². The van der Waals surface area contributed by atoms with Gasteiger partial charge in [0.05, 0.1) is 6.42 Å². The molecule has 0 aliphatic carbocycles. The molecule has 1 N–H and O–H groups in total. The van der Waals surface area contributed by atoms with Gasteiger partial charge in [-0.25, -0.2) is 0 Å². The standard InChI is InChI=1S/C16H24N2O/c1-12-4-5-14(10-13(12)2)11-16(19)18-8-6-15(17-3)7-9-18/h4-5,10,15,17H,6-9,11H2,1-3H3. The first-order chi connectivity index (χ1) is 9.10. The molecule has 1 heterocycles. The lowest BCUT2D eigenvalue weighted by atomic mass is 10.0. The van der Waals surface area contributed by atoms with E-state index in [-0.39, 0.29) is 5.91 Å². The molecule has 104 valence electrons. The SMILES string of the molecule is CNC1CCN(C(=O)Cc2ccc(C)c(C)c2)CC1. The normalized spacial score (nSPS) is 16.7. The average Bonchev–Trinajstić information content (AvgIpc) is 2.43. The van der Waals surface area contributed by atoms with Crippen LogP contribution in [0.5, 0.6) is 0 Å². The van der Waals surface area contributed by atoms with Crippen LogP contribution in [0.2, 0.25) is 0 Å². The Kier molecular flexibility index (Phi) is 4.59. The Morgan fingerprint density at radius 2 is 1.95 bits per heavy atom. The summed E-state index contributed by atoms with van der Waals surface area (Å²) in [5.74, 6) is 0.262. The number of aryl methyl sites for hydroxylation is 2. The Hall–Kier alpha value is -1.35. The number of benzene rings is 1. The first kappa shape index (κ1) is 14.1. The van der Waals surface area contributed by atoms with Crippen molar-refractivity contribution in [3.63, 3.8) is 0 Å². The number of piperidine rings is 1. The van der Waals surface area contributed by atoms with Gasteiger partial charge in [-0.15, -0.1) is 0 Å². The minimum Gasteiger partial charge on any atom is -0.342 e. The third-order valence-corrected chi connectivity index (χ3v) is 4.18. The number of carbonyl (C=O) groups excluding carboxylic acids is 1. The molecule has 0 radical (unpaired) electrons. The molecule has 0 unspecified atom stereocenters. The van der Waals surface area contributed by atoms with Crippen molar-refractivity contribution in [3.05, 3.63) is 34.9 Å². The van der Waals surface area contributed by atoms with Crippen LogP contribution >= 0.6 is 0 Å². The molecule has 0 saturated carbocycles. The van der Waals surface area contributed by atoms with E-state index in [0.717, 1.165) is 31.5 Å². The summed E-state index contributed by atoms with van der Waals surface area (Å²) in [4.78, 5) is 14.3. The number of nitrogens with zero attached hydrogens (tertiary/aromatic N) is 1. The molecule has 1 aromatic rings. The molecule has 1 aliphatic heterocycles. The summed E-state index contributed by atoms with van der Waals surface area (Å²) in [5, 5.41) is 3.29. The van der Waals surface area contributed by atoms with E-state index >= 15 is 0 Å². The average molecular weight is 260 g/mol. The molecule has 19 heavy (non-hydrogen) atoms. The molecule has 1 amide bonds. The van der Waals surface area contributed by atoms with E-state index in [1.807, 2.05) is 11.9 Å². The van der Waals surface area contributed by atoms with Crippen molar-refractivity contribution in [2.45, 2.75) is 39.2 Å². The highest BCUT2D eigenvalue weighted by Gasteiger charge is 2.21. The maximum absolute atomic E-state index is 12.3. The van der Waals surface area contributed by atoms with E-state index < -0.39 is 0 Å². The maximum Gasteiger partial charge on any atom is 0.226 e. The zero-order valence-electron chi connectivity index (χ0n) is 12.2. The van der Waals surface area contributed by atoms with Crippen molar-refractivity contribution in [1.29, 1.82) is 0 Å². The summed E-state index contributed by atoms with van der Waals surface area (Å²) in [6.07, 6.45) is 2.66. The number of nitrogens with one attached hydrogen (secondary N) is 1. The van der Waals surface area contributed by atoms with Crippen LogP contribution in [0.25, 0.3) is 0 Å². The van der Waals surface area contributed by atoms with Crippen LogP contribution < -0.4 is 5.32 Å². The molecule has 0 aromatic heterocycles. The Morgan fingerprint density at radius 1 is 1.26 bits per heavy atom. The van der Waals surface area contributed by atoms with Crippen LogP contribution in [0.4, 0.5) is 0 Å². The van der Waals surface area contributed by atoms with Gasteiger partial charge in [0.25, 0.3) is 0 Å². The van der Waals surface area contributed by atoms with Gasteiger partial charge in [0.2, 0.25) is 5.91 Å². The van der Waals surface area contributed by atoms with Crippen molar-refractivity contribution in [1.82, 2.24) is 10.2 Å². The molecular weight excluding hydrogens is 236 g/mol. The number of rotatable bonds is 3. The van der Waals surface area contributed by atoms with Crippen LogP contribution in [0.15, 0.2) is 18.2 Å². The lowest BCUT2D eigenvalue weighted by Gasteiger charge is -2.32. The smallest absolute Gasteiger partial charge is 0.226 e. The second kappa shape index (κ2) is 6.20. The van der Waals surface area contributed by atoms with E-state index in [2.05, 4.69) is 37.4 Å². The second-order valence-corrected chi connectivity index (χ2v) is 5.54. The number of likely N-dealkylation sites (tertiary alicyclic amines) is 1. The van der Waals surface area contributed by atoms with Crippen LogP contribution in [-0.2, 0) is 11.2 Å². The highest BCUT2D eigenvalue weighted by molar-refractivity contribution is 5.79. The van der Waals surface area contributed by atoms with E-state index in [0.29, 0.717) is 12.5 Å². The first-order valence-corrected chi connectivity index (χ1v) is 7.11. The van der Waals surface area contributed by atoms with Gasteiger partial charge in [-0.2, -0.15) is 0 Å². The van der Waals surface area contributed by atoms with Crippen molar-refractivity contribution in [2.75, 3.05) is 20.1 Å². The summed E-state index contributed by atoms with van der Waals surface area (Å²) in [6.45, 7) is 5.97. The molecule has 2 rings (SSSR count). The van der Waals surface area contributed by atoms with Gasteiger partial charge < -0.3 is 10.2 Å². The van der Waals surface area contributed by atoms with E-state index in [4.69, 9.17) is 0 Å². The molecular formula is C16H24N2O. The second-order valence-electron chi connectivity index (χ2n) is 5.54. The van der Waals surface area contributed by atoms with Crippen molar-refractivity contribution < 1.29 is 4.79 Å². The van der Waals surface area contributed by atoms with Gasteiger partial charge in [0, 0.05) is 19.1 Å². The molecule has 0 spiro atoms. The fourth-order valence-corrected chi connectivity index (χ4v) is 2.62. The summed E-state index contributed by atoms with van der Waals surface area (Å²) >= 11 is 0. The molecule has 1 aromatic carbocycles. The van der Waals surface area contributed by atoms with Crippen LogP contribution in [-0.4, -0.2) is 37.0 Å². The molecule has 3 nitrogen and oxygen atoms in total. The number of hydrogen-bond donors (Lipinski definition) is 1. The van der Waals surface area contributed by atoms with Gasteiger partial charge >= 0.3 is 0 Å². The highest BCUT2D eigenvalue weighted by atomic mass is 16.2. The highest BCUT2D eigenvalue weighted by Crippen LogP contribution is 2.14. The largest absolute Gasteiger partial charge is 0.342 e. The summed E-state index contributed by atoms with van der Waals surface area (Å²) < 4.78 is 0. The molecule has 0 bridgehead atoms. The van der Waals surface area contributed by atoms with Gasteiger partial charge in [0.1, 0.15) is 0 Å². The maximum atomic E-state index is 12.3. The fraction of sp³-hybridized carbons (Fsp3) is 0.562. The number of hydrogen-bond acceptors (Lipinski definition) is 2. The first-order valence-electron chi connectivity index (χ1n) is 7.11. The lowest BCUT2D eigenvalue weighted by molar-refractivity contribution is -0.131. The third kappa shape index (κ3) is 3.57. The minimum atomic E-state index is 0.262. The van der Waals surface area contributed by atoms with Crippen molar-refractivity contribution in [3.8, 4) is 0 Å². The monoisotopic (exact) mass is 260 g/mol. The van der Waals surface area contributed by atoms with E-state index in [1.54, 1.807) is 0 Å². The Balaban J connectivity index is 1.92. The van der Waals surface area contributed by atoms with E-state index in [1.165, 1.54) is 11.1 Å². The summed E-state index contributed by atoms with van der Waals surface area (Å²) in [5.41, 5.74) is 3.68. The fourth-order valence-electron chi connectivity index (χ4n) is 2.62. The van der Waals surface area contributed by atoms with Crippen LogP contribution in [0.1, 0.15) is 29.5 Å². The predicted molar refractivity (Wildman–Crippen MR) is 78.3 cm³/mol. The van der Waals surface area contributed by atoms with Crippen LogP contribution in [0.3, 0.4) is 0 Å². The predicted octanol–water partition coefficient (Wildman–Crippen LogP) is 2.06. The van der Waals surface area contributed by atoms with Gasteiger partial charge in [-0.3, -0.25) is 4.79 Å².